The third-order valence-corrected chi connectivity index (χ3v) is 12.0. The summed E-state index contributed by atoms with van der Waals surface area (Å²) in [5, 5.41) is 0. The standard InChI is InChI=1S/C60H60N2O4/c1-37(2)35-63-53-33-55-51(31-49(53)59(5,6)7)61-57(65-55)47-27-23-45(24-28-47)43-19-15-41(16-20-43)39-11-13-40(14-12-39)42-17-21-44(22-18-42)46-25-29-48(30-26-46)58-62-52-32-50(60(8,9)10)54(34-56(52)66-58)64-36-38(3)4/h11-34,37-38H,35-36H2,1-10H3. The van der Waals surface area contributed by atoms with E-state index in [2.05, 4.69) is 203 Å². The van der Waals surface area contributed by atoms with Gasteiger partial charge >= 0.3 is 0 Å². The Balaban J connectivity index is 0.847. The zero-order valence-corrected chi connectivity index (χ0v) is 40.0. The topological polar surface area (TPSA) is 70.5 Å². The van der Waals surface area contributed by atoms with Crippen LogP contribution in [0.1, 0.15) is 80.4 Å². The van der Waals surface area contributed by atoms with Gasteiger partial charge in [-0.05, 0) is 104 Å². The lowest BCUT2D eigenvalue weighted by Crippen LogP contribution is -2.15. The molecule has 0 N–H and O–H groups in total. The molecule has 6 heteroatoms. The van der Waals surface area contributed by atoms with Gasteiger partial charge in [-0.15, -0.1) is 0 Å². The van der Waals surface area contributed by atoms with Crippen molar-refractivity contribution < 1.29 is 18.3 Å². The quantitative estimate of drug-likeness (QED) is 0.122. The third kappa shape index (κ3) is 9.55. The molecule has 0 amide bonds. The summed E-state index contributed by atoms with van der Waals surface area (Å²) < 4.78 is 25.0. The molecule has 0 saturated carbocycles. The molecule has 0 saturated heterocycles. The molecule has 6 nitrogen and oxygen atoms in total. The van der Waals surface area contributed by atoms with E-state index in [1.165, 1.54) is 22.3 Å². The lowest BCUT2D eigenvalue weighted by atomic mass is 9.86. The molecule has 0 bridgehead atoms. The van der Waals surface area contributed by atoms with Gasteiger partial charge in [-0.25, -0.2) is 9.97 Å². The molecule has 2 aromatic heterocycles. The van der Waals surface area contributed by atoms with E-state index in [0.29, 0.717) is 36.8 Å². The van der Waals surface area contributed by atoms with E-state index in [-0.39, 0.29) is 10.8 Å². The van der Waals surface area contributed by atoms with Gasteiger partial charge in [0.25, 0.3) is 0 Å². The maximum atomic E-state index is 6.28. The minimum absolute atomic E-state index is 0.0877. The molecule has 0 aliphatic carbocycles. The fourth-order valence-electron chi connectivity index (χ4n) is 8.26. The fraction of sp³-hybridized carbons (Fsp3) is 0.267. The van der Waals surface area contributed by atoms with Gasteiger partial charge in [-0.3, -0.25) is 0 Å². The molecular weight excluding hydrogens is 813 g/mol. The SMILES string of the molecule is CC(C)COc1cc2oc(-c3ccc(-c4ccc(-c5ccc(-c6ccc(-c7ccc(-c8nc9cc(C(C)(C)C)c(OCC(C)C)cc9o8)cc7)cc6)cc5)cc4)cc3)nc2cc1C(C)(C)C. The second-order valence-corrected chi connectivity index (χ2v) is 20.5. The maximum absolute atomic E-state index is 6.28. The Morgan fingerprint density at radius 2 is 0.621 bits per heavy atom. The Morgan fingerprint density at radius 3 is 0.848 bits per heavy atom. The average Bonchev–Trinajstić information content (AvgIpc) is 3.93. The van der Waals surface area contributed by atoms with Crippen LogP contribution in [-0.2, 0) is 10.8 Å². The highest BCUT2D eigenvalue weighted by molar-refractivity contribution is 5.82. The molecule has 0 aliphatic heterocycles. The predicted molar refractivity (Wildman–Crippen MR) is 272 cm³/mol. The van der Waals surface area contributed by atoms with Crippen LogP contribution in [0.5, 0.6) is 11.5 Å². The van der Waals surface area contributed by atoms with Crippen molar-refractivity contribution >= 4 is 22.2 Å². The van der Waals surface area contributed by atoms with Crippen molar-refractivity contribution in [3.8, 4) is 78.9 Å². The molecule has 0 atom stereocenters. The summed E-state index contributed by atoms with van der Waals surface area (Å²) in [4.78, 5) is 9.77. The van der Waals surface area contributed by atoms with Gasteiger partial charge in [0.05, 0.1) is 13.2 Å². The van der Waals surface area contributed by atoms with Crippen LogP contribution in [0.4, 0.5) is 0 Å². The molecule has 7 aromatic carbocycles. The highest BCUT2D eigenvalue weighted by Gasteiger charge is 2.24. The molecule has 9 aromatic rings. The number of ether oxygens (including phenoxy) is 2. The summed E-state index contributed by atoms with van der Waals surface area (Å²) >= 11 is 0. The first-order valence-corrected chi connectivity index (χ1v) is 23.2. The summed E-state index contributed by atoms with van der Waals surface area (Å²) in [6, 6.07) is 51.4. The van der Waals surface area contributed by atoms with Crippen LogP contribution in [0.2, 0.25) is 0 Å². The van der Waals surface area contributed by atoms with Gasteiger partial charge in [-0.2, -0.15) is 0 Å². The normalized spacial score (nSPS) is 12.2. The van der Waals surface area contributed by atoms with Crippen LogP contribution in [0.15, 0.2) is 154 Å². The van der Waals surface area contributed by atoms with E-state index in [9.17, 15) is 0 Å². The monoisotopic (exact) mass is 872 g/mol. The van der Waals surface area contributed by atoms with E-state index in [1.807, 2.05) is 12.1 Å². The van der Waals surface area contributed by atoms with Gasteiger partial charge in [-0.1, -0.05) is 166 Å². The molecule has 0 fully saturated rings. The molecule has 66 heavy (non-hydrogen) atoms. The van der Waals surface area contributed by atoms with Crippen LogP contribution >= 0.6 is 0 Å². The largest absolute Gasteiger partial charge is 0.493 e. The first-order valence-electron chi connectivity index (χ1n) is 23.2. The van der Waals surface area contributed by atoms with Crippen molar-refractivity contribution in [1.29, 1.82) is 0 Å². The van der Waals surface area contributed by atoms with Gasteiger partial charge in [0, 0.05) is 34.4 Å². The third-order valence-electron chi connectivity index (χ3n) is 12.0. The lowest BCUT2D eigenvalue weighted by molar-refractivity contribution is 0.265. The van der Waals surface area contributed by atoms with Crippen molar-refractivity contribution in [1.82, 2.24) is 9.97 Å². The molecular formula is C60H60N2O4. The maximum Gasteiger partial charge on any atom is 0.227 e. The van der Waals surface area contributed by atoms with E-state index in [0.717, 1.165) is 78.2 Å². The average molecular weight is 873 g/mol. The highest BCUT2D eigenvalue weighted by atomic mass is 16.5. The summed E-state index contributed by atoms with van der Waals surface area (Å²) in [7, 11) is 0. The Morgan fingerprint density at radius 1 is 0.379 bits per heavy atom. The van der Waals surface area contributed by atoms with Crippen molar-refractivity contribution in [2.24, 2.45) is 11.8 Å². The minimum Gasteiger partial charge on any atom is -0.493 e. The van der Waals surface area contributed by atoms with Gasteiger partial charge < -0.3 is 18.3 Å². The van der Waals surface area contributed by atoms with Gasteiger partial charge in [0.2, 0.25) is 11.8 Å². The fourth-order valence-corrected chi connectivity index (χ4v) is 8.26. The van der Waals surface area contributed by atoms with Crippen LogP contribution in [0, 0.1) is 11.8 Å². The zero-order valence-electron chi connectivity index (χ0n) is 40.0. The number of hydrogen-bond acceptors (Lipinski definition) is 6. The smallest absolute Gasteiger partial charge is 0.227 e. The predicted octanol–water partition coefficient (Wildman–Crippen LogP) is 16.6. The Bertz CT molecular complexity index is 2890. The van der Waals surface area contributed by atoms with Gasteiger partial charge in [0.1, 0.15) is 22.5 Å². The first-order chi connectivity index (χ1) is 31.6. The number of benzene rings is 7. The Kier molecular flexibility index (Phi) is 12.0. The van der Waals surface area contributed by atoms with E-state index >= 15 is 0 Å². The highest BCUT2D eigenvalue weighted by Crippen LogP contribution is 2.39. The molecule has 0 spiro atoms. The molecule has 0 radical (unpaired) electrons. The first kappa shape index (κ1) is 44.3. The number of fused-ring (bicyclic) bond motifs is 2. The number of hydrogen-bond donors (Lipinski definition) is 0. The number of rotatable bonds is 12. The zero-order chi connectivity index (χ0) is 46.3. The molecule has 0 unspecified atom stereocenters. The van der Waals surface area contributed by atoms with Crippen molar-refractivity contribution in [2.75, 3.05) is 13.2 Å². The lowest BCUT2D eigenvalue weighted by Gasteiger charge is -2.23. The minimum atomic E-state index is -0.0877. The van der Waals surface area contributed by atoms with Gasteiger partial charge in [0.15, 0.2) is 11.2 Å². The van der Waals surface area contributed by atoms with Crippen molar-refractivity contribution in [3.05, 3.63) is 157 Å². The summed E-state index contributed by atoms with van der Waals surface area (Å²) in [6.07, 6.45) is 0. The summed E-state index contributed by atoms with van der Waals surface area (Å²) in [5.74, 6) is 3.79. The van der Waals surface area contributed by atoms with Crippen molar-refractivity contribution in [2.45, 2.75) is 80.1 Å². The number of nitrogens with zero attached hydrogens (tertiary/aromatic N) is 2. The molecule has 2 heterocycles. The van der Waals surface area contributed by atoms with E-state index < -0.39 is 0 Å². The Labute approximate surface area is 389 Å². The van der Waals surface area contributed by atoms with Crippen molar-refractivity contribution in [3.63, 3.8) is 0 Å². The van der Waals surface area contributed by atoms with Crippen LogP contribution in [-0.4, -0.2) is 23.2 Å². The molecule has 0 aliphatic rings. The second-order valence-electron chi connectivity index (χ2n) is 20.5. The molecule has 9 rings (SSSR count). The second kappa shape index (κ2) is 17.8. The van der Waals surface area contributed by atoms with Crippen LogP contribution < -0.4 is 9.47 Å². The number of oxazole rings is 2. The molecule has 334 valence electrons. The number of aromatic nitrogens is 2. The summed E-state index contributed by atoms with van der Waals surface area (Å²) in [6.45, 7) is 23.1. The van der Waals surface area contributed by atoms with E-state index in [4.69, 9.17) is 28.3 Å². The van der Waals surface area contributed by atoms with Crippen LogP contribution in [0.25, 0.3) is 89.6 Å². The Hall–Kier alpha value is -6.92. The van der Waals surface area contributed by atoms with E-state index in [1.54, 1.807) is 0 Å². The van der Waals surface area contributed by atoms with Crippen LogP contribution in [0.3, 0.4) is 0 Å². The summed E-state index contributed by atoms with van der Waals surface area (Å²) in [5.41, 5.74) is 16.4.